The van der Waals surface area contributed by atoms with Gasteiger partial charge in [-0.15, -0.1) is 0 Å². The maximum atomic E-state index is 12.1. The van der Waals surface area contributed by atoms with Gasteiger partial charge in [-0.3, -0.25) is 20.4 Å². The first-order chi connectivity index (χ1) is 12.4. The number of ether oxygens (including phenoxy) is 2. The van der Waals surface area contributed by atoms with Crippen LogP contribution in [0.25, 0.3) is 0 Å². The molecule has 0 aliphatic rings. The van der Waals surface area contributed by atoms with Gasteiger partial charge in [0.1, 0.15) is 11.5 Å². The molecule has 0 aliphatic carbocycles. The average Bonchev–Trinajstić information content (AvgIpc) is 2.66. The number of amides is 2. The molecule has 0 aromatic heterocycles. The van der Waals surface area contributed by atoms with E-state index in [1.807, 2.05) is 24.3 Å². The SMILES string of the molecule is COc1ccc(C(=O)NNC(=O)[C@H](C)Oc2ccc(C(C)C)cc2)cc1. The minimum Gasteiger partial charge on any atom is -0.497 e. The second-order valence-corrected chi connectivity index (χ2v) is 6.16. The summed E-state index contributed by atoms with van der Waals surface area (Å²) in [4.78, 5) is 24.1. The maximum absolute atomic E-state index is 12.1. The monoisotopic (exact) mass is 356 g/mol. The summed E-state index contributed by atoms with van der Waals surface area (Å²) in [7, 11) is 1.55. The van der Waals surface area contributed by atoms with E-state index in [0.717, 1.165) is 0 Å². The van der Waals surface area contributed by atoms with E-state index in [0.29, 0.717) is 23.0 Å². The summed E-state index contributed by atoms with van der Waals surface area (Å²) in [6.45, 7) is 5.83. The lowest BCUT2D eigenvalue weighted by Gasteiger charge is -2.16. The number of hydrogen-bond acceptors (Lipinski definition) is 4. The van der Waals surface area contributed by atoms with E-state index >= 15 is 0 Å². The molecule has 6 heteroatoms. The predicted molar refractivity (Wildman–Crippen MR) is 99.2 cm³/mol. The fourth-order valence-corrected chi connectivity index (χ4v) is 2.22. The van der Waals surface area contributed by atoms with Gasteiger partial charge >= 0.3 is 0 Å². The topological polar surface area (TPSA) is 76.7 Å². The third-order valence-electron chi connectivity index (χ3n) is 3.88. The molecule has 1 atom stereocenters. The van der Waals surface area contributed by atoms with E-state index in [1.54, 1.807) is 38.3 Å². The summed E-state index contributed by atoms with van der Waals surface area (Å²) in [5.41, 5.74) is 6.33. The molecule has 2 rings (SSSR count). The highest BCUT2D eigenvalue weighted by Gasteiger charge is 2.16. The number of nitrogens with one attached hydrogen (secondary N) is 2. The summed E-state index contributed by atoms with van der Waals surface area (Å²) < 4.78 is 10.6. The molecule has 0 unspecified atom stereocenters. The molecule has 0 bridgehead atoms. The molecule has 0 aliphatic heterocycles. The molecule has 0 radical (unpaired) electrons. The van der Waals surface area contributed by atoms with E-state index in [4.69, 9.17) is 9.47 Å². The highest BCUT2D eigenvalue weighted by atomic mass is 16.5. The van der Waals surface area contributed by atoms with Gasteiger partial charge in [-0.2, -0.15) is 0 Å². The standard InChI is InChI=1S/C20H24N2O4/c1-13(2)15-5-11-18(12-6-15)26-14(3)19(23)21-22-20(24)16-7-9-17(25-4)10-8-16/h5-14H,1-4H3,(H,21,23)(H,22,24)/t14-/m0/s1. The fraction of sp³-hybridized carbons (Fsp3) is 0.300. The van der Waals surface area contributed by atoms with Crippen LogP contribution in [0.1, 0.15) is 42.6 Å². The number of methoxy groups -OCH3 is 1. The quantitative estimate of drug-likeness (QED) is 0.780. The summed E-state index contributed by atoms with van der Waals surface area (Å²) in [6.07, 6.45) is -0.754. The van der Waals surface area contributed by atoms with Crippen molar-refractivity contribution in [3.05, 3.63) is 59.7 Å². The van der Waals surface area contributed by atoms with Crippen molar-refractivity contribution in [1.29, 1.82) is 0 Å². The number of benzene rings is 2. The molecule has 0 heterocycles. The van der Waals surface area contributed by atoms with Crippen LogP contribution in [0.3, 0.4) is 0 Å². The Bertz CT molecular complexity index is 739. The molecule has 138 valence electrons. The van der Waals surface area contributed by atoms with E-state index < -0.39 is 17.9 Å². The normalized spacial score (nSPS) is 11.6. The Morgan fingerprint density at radius 1 is 0.846 bits per heavy atom. The molecular weight excluding hydrogens is 332 g/mol. The molecular formula is C20H24N2O4. The molecule has 2 amide bonds. The van der Waals surface area contributed by atoms with Crippen LogP contribution in [0.2, 0.25) is 0 Å². The highest BCUT2D eigenvalue weighted by molar-refractivity contribution is 5.95. The Hall–Kier alpha value is -3.02. The fourth-order valence-electron chi connectivity index (χ4n) is 2.22. The van der Waals surface area contributed by atoms with E-state index in [1.165, 1.54) is 5.56 Å². The Balaban J connectivity index is 1.85. The Kier molecular flexibility index (Phi) is 6.60. The minimum absolute atomic E-state index is 0.406. The van der Waals surface area contributed by atoms with Crippen LogP contribution in [0, 0.1) is 0 Å². The van der Waals surface area contributed by atoms with Gasteiger partial charge in [0.2, 0.25) is 0 Å². The van der Waals surface area contributed by atoms with Crippen molar-refractivity contribution in [1.82, 2.24) is 10.9 Å². The maximum Gasteiger partial charge on any atom is 0.279 e. The van der Waals surface area contributed by atoms with Crippen molar-refractivity contribution >= 4 is 11.8 Å². The van der Waals surface area contributed by atoms with Crippen LogP contribution in [0.4, 0.5) is 0 Å². The Morgan fingerprint density at radius 3 is 1.96 bits per heavy atom. The van der Waals surface area contributed by atoms with Crippen molar-refractivity contribution < 1.29 is 19.1 Å². The first-order valence-electron chi connectivity index (χ1n) is 8.41. The lowest BCUT2D eigenvalue weighted by molar-refractivity contribution is -0.128. The lowest BCUT2D eigenvalue weighted by Crippen LogP contribution is -2.47. The first-order valence-corrected chi connectivity index (χ1v) is 8.41. The molecule has 2 aromatic rings. The number of carbonyl (C=O) groups excluding carboxylic acids is 2. The van der Waals surface area contributed by atoms with Crippen LogP contribution in [0.5, 0.6) is 11.5 Å². The largest absolute Gasteiger partial charge is 0.497 e. The molecule has 0 saturated heterocycles. The van der Waals surface area contributed by atoms with Gasteiger partial charge in [-0.1, -0.05) is 26.0 Å². The van der Waals surface area contributed by atoms with Crippen molar-refractivity contribution in [3.63, 3.8) is 0 Å². The summed E-state index contributed by atoms with van der Waals surface area (Å²) in [5.74, 6) is 0.807. The Labute approximate surface area is 153 Å². The molecule has 26 heavy (non-hydrogen) atoms. The zero-order valence-electron chi connectivity index (χ0n) is 15.4. The second-order valence-electron chi connectivity index (χ2n) is 6.16. The molecule has 0 saturated carbocycles. The zero-order valence-corrected chi connectivity index (χ0v) is 15.4. The van der Waals surface area contributed by atoms with Crippen molar-refractivity contribution in [2.24, 2.45) is 0 Å². The van der Waals surface area contributed by atoms with E-state index in [2.05, 4.69) is 24.7 Å². The number of rotatable bonds is 6. The van der Waals surface area contributed by atoms with Crippen LogP contribution in [-0.2, 0) is 4.79 Å². The minimum atomic E-state index is -0.754. The first kappa shape index (κ1) is 19.3. The van der Waals surface area contributed by atoms with Crippen LogP contribution in [0.15, 0.2) is 48.5 Å². The zero-order chi connectivity index (χ0) is 19.1. The van der Waals surface area contributed by atoms with Crippen LogP contribution < -0.4 is 20.3 Å². The average molecular weight is 356 g/mol. The van der Waals surface area contributed by atoms with Gasteiger partial charge in [0.05, 0.1) is 7.11 Å². The summed E-state index contributed by atoms with van der Waals surface area (Å²) in [5, 5.41) is 0. The van der Waals surface area contributed by atoms with Gasteiger partial charge in [0, 0.05) is 5.56 Å². The van der Waals surface area contributed by atoms with Crippen molar-refractivity contribution in [2.45, 2.75) is 32.8 Å². The van der Waals surface area contributed by atoms with Gasteiger partial charge in [-0.05, 0) is 54.8 Å². The van der Waals surface area contributed by atoms with E-state index in [9.17, 15) is 9.59 Å². The summed E-state index contributed by atoms with van der Waals surface area (Å²) >= 11 is 0. The van der Waals surface area contributed by atoms with Crippen LogP contribution >= 0.6 is 0 Å². The third kappa shape index (κ3) is 5.24. The Morgan fingerprint density at radius 2 is 1.42 bits per heavy atom. The van der Waals surface area contributed by atoms with Gasteiger partial charge in [0.25, 0.3) is 11.8 Å². The molecule has 2 N–H and O–H groups in total. The number of carbonyl (C=O) groups is 2. The van der Waals surface area contributed by atoms with Crippen molar-refractivity contribution in [3.8, 4) is 11.5 Å². The third-order valence-corrected chi connectivity index (χ3v) is 3.88. The molecule has 6 nitrogen and oxygen atoms in total. The molecule has 0 fully saturated rings. The predicted octanol–water partition coefficient (Wildman–Crippen LogP) is 3.05. The highest BCUT2D eigenvalue weighted by Crippen LogP contribution is 2.19. The number of hydrogen-bond donors (Lipinski definition) is 2. The summed E-state index contributed by atoms with van der Waals surface area (Å²) in [6, 6.07) is 14.1. The van der Waals surface area contributed by atoms with Crippen molar-refractivity contribution in [2.75, 3.05) is 7.11 Å². The second kappa shape index (κ2) is 8.89. The molecule has 0 spiro atoms. The smallest absolute Gasteiger partial charge is 0.279 e. The number of hydrazine groups is 1. The van der Waals surface area contributed by atoms with Gasteiger partial charge < -0.3 is 9.47 Å². The van der Waals surface area contributed by atoms with Gasteiger partial charge in [-0.25, -0.2) is 0 Å². The van der Waals surface area contributed by atoms with Gasteiger partial charge in [0.15, 0.2) is 6.10 Å². The molecule has 2 aromatic carbocycles. The van der Waals surface area contributed by atoms with E-state index in [-0.39, 0.29) is 0 Å². The van der Waals surface area contributed by atoms with Crippen LogP contribution in [-0.4, -0.2) is 25.0 Å². The lowest BCUT2D eigenvalue weighted by atomic mass is 10.0.